The van der Waals surface area contributed by atoms with Gasteiger partial charge in [0.1, 0.15) is 5.15 Å². The molecule has 1 heterocycles. The molecule has 1 aromatic heterocycles. The van der Waals surface area contributed by atoms with Crippen LogP contribution in [0.1, 0.15) is 36.0 Å². The van der Waals surface area contributed by atoms with Crippen LogP contribution < -0.4 is 5.32 Å². The molecule has 0 bridgehead atoms. The standard InChI is InChI=1S/C18H18Cl2N2O2/c19-13-7-5-11(6-8-13)12-9-14(17(20)21-10-12)18(24)22-15-3-1-2-4-16(15)23/h5-10,15-16,23H,1-4H2,(H,22,24)/t15-,16-/m1/s1. The minimum absolute atomic E-state index is 0.149. The summed E-state index contributed by atoms with van der Waals surface area (Å²) in [5.74, 6) is -0.311. The number of hydrogen-bond donors (Lipinski definition) is 2. The number of hydrogen-bond acceptors (Lipinski definition) is 3. The molecule has 2 aromatic rings. The quantitative estimate of drug-likeness (QED) is 0.806. The molecule has 6 heteroatoms. The fourth-order valence-corrected chi connectivity index (χ4v) is 3.25. The number of rotatable bonds is 3. The lowest BCUT2D eigenvalue weighted by Crippen LogP contribution is -2.45. The SMILES string of the molecule is O=C(N[C@@H]1CCCC[C@H]1O)c1cc(-c2ccc(Cl)cc2)cnc1Cl. The van der Waals surface area contributed by atoms with Gasteiger partial charge in [-0.25, -0.2) is 4.98 Å². The van der Waals surface area contributed by atoms with E-state index in [1.54, 1.807) is 24.4 Å². The van der Waals surface area contributed by atoms with Crippen LogP contribution >= 0.6 is 23.2 Å². The highest BCUT2D eigenvalue weighted by atomic mass is 35.5. The van der Waals surface area contributed by atoms with Crippen molar-refractivity contribution in [1.29, 1.82) is 0 Å². The molecular formula is C18H18Cl2N2O2. The third-order valence-corrected chi connectivity index (χ3v) is 4.86. The van der Waals surface area contributed by atoms with Crippen LogP contribution in [-0.4, -0.2) is 28.1 Å². The number of carbonyl (C=O) groups is 1. The normalized spacial score (nSPS) is 20.6. The van der Waals surface area contributed by atoms with Crippen LogP contribution in [0.4, 0.5) is 0 Å². The summed E-state index contributed by atoms with van der Waals surface area (Å²) in [7, 11) is 0. The third-order valence-electron chi connectivity index (χ3n) is 4.31. The van der Waals surface area contributed by atoms with Crippen LogP contribution in [0.15, 0.2) is 36.5 Å². The molecule has 1 amide bonds. The van der Waals surface area contributed by atoms with Crippen molar-refractivity contribution in [3.63, 3.8) is 0 Å². The van der Waals surface area contributed by atoms with Crippen molar-refractivity contribution < 1.29 is 9.90 Å². The van der Waals surface area contributed by atoms with E-state index in [1.165, 1.54) is 0 Å². The Hall–Kier alpha value is -1.62. The number of benzene rings is 1. The Morgan fingerprint density at radius 3 is 2.54 bits per heavy atom. The highest BCUT2D eigenvalue weighted by Gasteiger charge is 2.25. The summed E-state index contributed by atoms with van der Waals surface area (Å²) in [4.78, 5) is 16.7. The Morgan fingerprint density at radius 1 is 1.12 bits per heavy atom. The zero-order valence-electron chi connectivity index (χ0n) is 13.0. The predicted octanol–water partition coefficient (Wildman–Crippen LogP) is 4.09. The average Bonchev–Trinajstić information content (AvgIpc) is 2.58. The van der Waals surface area contributed by atoms with Crippen molar-refractivity contribution in [2.75, 3.05) is 0 Å². The topological polar surface area (TPSA) is 62.2 Å². The maximum absolute atomic E-state index is 12.5. The van der Waals surface area contributed by atoms with E-state index in [2.05, 4.69) is 10.3 Å². The first-order chi connectivity index (χ1) is 11.5. The maximum atomic E-state index is 12.5. The van der Waals surface area contributed by atoms with Gasteiger partial charge in [-0.3, -0.25) is 4.79 Å². The number of nitrogens with one attached hydrogen (secondary N) is 1. The smallest absolute Gasteiger partial charge is 0.254 e. The number of nitrogens with zero attached hydrogens (tertiary/aromatic N) is 1. The fourth-order valence-electron chi connectivity index (χ4n) is 2.93. The van der Waals surface area contributed by atoms with Gasteiger partial charge in [0.15, 0.2) is 0 Å². The van der Waals surface area contributed by atoms with Crippen molar-refractivity contribution in [3.8, 4) is 11.1 Å². The zero-order chi connectivity index (χ0) is 17.1. The van der Waals surface area contributed by atoms with Crippen molar-refractivity contribution in [2.45, 2.75) is 37.8 Å². The summed E-state index contributed by atoms with van der Waals surface area (Å²) in [6.07, 6.45) is 4.59. The van der Waals surface area contributed by atoms with E-state index in [-0.39, 0.29) is 17.1 Å². The van der Waals surface area contributed by atoms with E-state index in [1.807, 2.05) is 12.1 Å². The molecule has 2 atom stereocenters. The first-order valence-electron chi connectivity index (χ1n) is 7.95. The van der Waals surface area contributed by atoms with Gasteiger partial charge in [-0.2, -0.15) is 0 Å². The number of halogens is 2. The Morgan fingerprint density at radius 2 is 1.83 bits per heavy atom. The molecule has 0 aliphatic heterocycles. The second kappa shape index (κ2) is 7.51. The second-order valence-electron chi connectivity index (χ2n) is 6.00. The molecule has 0 radical (unpaired) electrons. The van der Waals surface area contributed by atoms with Gasteiger partial charge in [0.2, 0.25) is 0 Å². The van der Waals surface area contributed by atoms with E-state index >= 15 is 0 Å². The third kappa shape index (κ3) is 3.89. The first kappa shape index (κ1) is 17.2. The fraction of sp³-hybridized carbons (Fsp3) is 0.333. The summed E-state index contributed by atoms with van der Waals surface area (Å²) in [5.41, 5.74) is 1.99. The lowest BCUT2D eigenvalue weighted by molar-refractivity contribution is 0.0717. The molecule has 4 nitrogen and oxygen atoms in total. The van der Waals surface area contributed by atoms with Crippen LogP contribution in [-0.2, 0) is 0 Å². The number of carbonyl (C=O) groups excluding carboxylic acids is 1. The van der Waals surface area contributed by atoms with E-state index in [0.717, 1.165) is 30.4 Å². The summed E-state index contributed by atoms with van der Waals surface area (Å²) in [6, 6.07) is 8.76. The summed E-state index contributed by atoms with van der Waals surface area (Å²) in [6.45, 7) is 0. The van der Waals surface area contributed by atoms with Gasteiger partial charge in [0.25, 0.3) is 5.91 Å². The van der Waals surface area contributed by atoms with Gasteiger partial charge in [0.05, 0.1) is 17.7 Å². The molecule has 24 heavy (non-hydrogen) atoms. The largest absolute Gasteiger partial charge is 0.391 e. The number of aliphatic hydroxyl groups excluding tert-OH is 1. The molecule has 1 aromatic carbocycles. The predicted molar refractivity (Wildman–Crippen MR) is 95.4 cm³/mol. The minimum Gasteiger partial charge on any atom is -0.391 e. The minimum atomic E-state index is -0.506. The lowest BCUT2D eigenvalue weighted by Gasteiger charge is -2.28. The average molecular weight is 365 g/mol. The van der Waals surface area contributed by atoms with Crippen LogP contribution in [0.2, 0.25) is 10.2 Å². The van der Waals surface area contributed by atoms with E-state index in [9.17, 15) is 9.90 Å². The number of aromatic nitrogens is 1. The highest BCUT2D eigenvalue weighted by Crippen LogP contribution is 2.25. The molecular weight excluding hydrogens is 347 g/mol. The number of aliphatic hydroxyl groups is 1. The van der Waals surface area contributed by atoms with Crippen LogP contribution in [0.5, 0.6) is 0 Å². The van der Waals surface area contributed by atoms with Gasteiger partial charge in [0, 0.05) is 16.8 Å². The zero-order valence-corrected chi connectivity index (χ0v) is 14.5. The molecule has 1 aliphatic rings. The Kier molecular flexibility index (Phi) is 5.39. The van der Waals surface area contributed by atoms with Gasteiger partial charge in [-0.1, -0.05) is 48.2 Å². The van der Waals surface area contributed by atoms with Gasteiger partial charge < -0.3 is 10.4 Å². The van der Waals surface area contributed by atoms with E-state index in [4.69, 9.17) is 23.2 Å². The molecule has 0 spiro atoms. The molecule has 1 aliphatic carbocycles. The van der Waals surface area contributed by atoms with E-state index in [0.29, 0.717) is 17.0 Å². The van der Waals surface area contributed by atoms with Crippen molar-refractivity contribution >= 4 is 29.1 Å². The summed E-state index contributed by atoms with van der Waals surface area (Å²) in [5, 5.41) is 13.7. The van der Waals surface area contributed by atoms with Gasteiger partial charge in [-0.05, 0) is 36.6 Å². The Bertz CT molecular complexity index is 734. The molecule has 0 saturated heterocycles. The van der Waals surface area contributed by atoms with Gasteiger partial charge >= 0.3 is 0 Å². The maximum Gasteiger partial charge on any atom is 0.254 e. The second-order valence-corrected chi connectivity index (χ2v) is 6.80. The van der Waals surface area contributed by atoms with Gasteiger partial charge in [-0.15, -0.1) is 0 Å². The first-order valence-corrected chi connectivity index (χ1v) is 8.70. The monoisotopic (exact) mass is 364 g/mol. The van der Waals surface area contributed by atoms with E-state index < -0.39 is 6.10 Å². The van der Waals surface area contributed by atoms with Crippen molar-refractivity contribution in [2.24, 2.45) is 0 Å². The summed E-state index contributed by atoms with van der Waals surface area (Å²) < 4.78 is 0. The highest BCUT2D eigenvalue weighted by molar-refractivity contribution is 6.32. The summed E-state index contributed by atoms with van der Waals surface area (Å²) >= 11 is 12.0. The molecule has 3 rings (SSSR count). The lowest BCUT2D eigenvalue weighted by atomic mass is 9.92. The molecule has 2 N–H and O–H groups in total. The number of amides is 1. The van der Waals surface area contributed by atoms with Crippen LogP contribution in [0.25, 0.3) is 11.1 Å². The van der Waals surface area contributed by atoms with Crippen LogP contribution in [0, 0.1) is 0 Å². The molecule has 126 valence electrons. The Labute approximate surface area is 150 Å². The van der Waals surface area contributed by atoms with Crippen LogP contribution in [0.3, 0.4) is 0 Å². The number of pyridine rings is 1. The molecule has 0 unspecified atom stereocenters. The Balaban J connectivity index is 1.83. The van der Waals surface area contributed by atoms with Crippen molar-refractivity contribution in [1.82, 2.24) is 10.3 Å². The van der Waals surface area contributed by atoms with Crippen molar-refractivity contribution in [3.05, 3.63) is 52.3 Å². The molecule has 1 saturated carbocycles. The molecule has 1 fully saturated rings.